The Kier molecular flexibility index (Phi) is 6.91. The summed E-state index contributed by atoms with van der Waals surface area (Å²) in [4.78, 5) is 28.4. The van der Waals surface area contributed by atoms with Crippen LogP contribution < -0.4 is 5.32 Å². The Bertz CT molecular complexity index is 1020. The summed E-state index contributed by atoms with van der Waals surface area (Å²) in [7, 11) is 0. The van der Waals surface area contributed by atoms with Crippen molar-refractivity contribution in [2.45, 2.75) is 12.1 Å². The topological polar surface area (TPSA) is 68.3 Å². The number of halogens is 4. The van der Waals surface area contributed by atoms with Crippen LogP contribution in [-0.2, 0) is 20.5 Å². The molecule has 3 rings (SSSR count). The van der Waals surface area contributed by atoms with E-state index in [4.69, 9.17) is 16.3 Å². The number of anilines is 1. The van der Waals surface area contributed by atoms with Crippen LogP contribution in [-0.4, -0.2) is 23.5 Å². The Morgan fingerprint density at radius 3 is 2.03 bits per heavy atom. The summed E-state index contributed by atoms with van der Waals surface area (Å²) >= 11 is 5.77. The molecule has 1 N–H and O–H groups in total. The highest BCUT2D eigenvalue weighted by Crippen LogP contribution is 2.32. The van der Waals surface area contributed by atoms with Gasteiger partial charge in [0.2, 0.25) is 0 Å². The van der Waals surface area contributed by atoms with Crippen LogP contribution in [0, 0.1) is 0 Å². The minimum absolute atomic E-state index is 0.265. The molecular weight excluding hydrogens is 433 g/mol. The second-order valence-corrected chi connectivity index (χ2v) is 6.87. The minimum atomic E-state index is -4.61. The van der Waals surface area contributed by atoms with E-state index in [0.29, 0.717) is 23.4 Å². The van der Waals surface area contributed by atoms with Crippen LogP contribution in [0.5, 0.6) is 0 Å². The molecule has 160 valence electrons. The third-order valence-electron chi connectivity index (χ3n) is 4.27. The zero-order valence-electron chi connectivity index (χ0n) is 15.9. The Morgan fingerprint density at radius 1 is 1.00 bits per heavy atom. The number of esters is 1. The number of hydrogen-bond donors (Lipinski definition) is 1. The average Bonchev–Trinajstić information content (AvgIpc) is 2.75. The number of nitrogens with one attached hydrogen (secondary N) is 1. The van der Waals surface area contributed by atoms with Crippen LogP contribution in [0.1, 0.15) is 22.6 Å². The number of alkyl halides is 3. The molecular formula is C22H16ClF3N2O3. The molecule has 1 heterocycles. The summed E-state index contributed by atoms with van der Waals surface area (Å²) in [6.45, 7) is -0.659. The third-order valence-corrected chi connectivity index (χ3v) is 4.56. The smallest absolute Gasteiger partial charge is 0.417 e. The van der Waals surface area contributed by atoms with Gasteiger partial charge in [-0.1, -0.05) is 72.3 Å². The highest BCUT2D eigenvalue weighted by molar-refractivity contribution is 6.33. The van der Waals surface area contributed by atoms with Crippen LogP contribution in [0.3, 0.4) is 0 Å². The van der Waals surface area contributed by atoms with E-state index in [2.05, 4.69) is 10.3 Å². The average molecular weight is 449 g/mol. The van der Waals surface area contributed by atoms with Gasteiger partial charge < -0.3 is 10.1 Å². The Hall–Kier alpha value is -3.39. The Labute approximate surface area is 180 Å². The van der Waals surface area contributed by atoms with E-state index in [1.54, 1.807) is 48.5 Å². The number of rotatable bonds is 6. The fourth-order valence-electron chi connectivity index (χ4n) is 2.83. The van der Waals surface area contributed by atoms with Gasteiger partial charge in [0, 0.05) is 6.20 Å². The molecule has 31 heavy (non-hydrogen) atoms. The normalized spacial score (nSPS) is 11.3. The molecule has 0 aliphatic carbocycles. The van der Waals surface area contributed by atoms with Gasteiger partial charge in [0.25, 0.3) is 5.91 Å². The largest absolute Gasteiger partial charge is 0.455 e. The van der Waals surface area contributed by atoms with Crippen molar-refractivity contribution in [1.29, 1.82) is 0 Å². The standard InChI is InChI=1S/C22H16ClF3N2O3/c23-17-11-16(22(24,25)26)12-27-20(17)28-18(29)13-31-21(30)19(14-7-3-1-4-8-14)15-9-5-2-6-10-15/h1-12,19H,13H2,(H,27,28,29). The summed E-state index contributed by atoms with van der Waals surface area (Å²) in [5.74, 6) is -2.46. The zero-order chi connectivity index (χ0) is 22.4. The summed E-state index contributed by atoms with van der Waals surface area (Å²) in [5, 5.41) is 1.85. The number of carbonyl (C=O) groups excluding carboxylic acids is 2. The SMILES string of the molecule is O=C(COC(=O)C(c1ccccc1)c1ccccc1)Nc1ncc(C(F)(F)F)cc1Cl. The first-order chi connectivity index (χ1) is 14.8. The maximum absolute atomic E-state index is 12.8. The zero-order valence-corrected chi connectivity index (χ0v) is 16.7. The summed E-state index contributed by atoms with van der Waals surface area (Å²) in [5.41, 5.74) is 0.327. The molecule has 0 spiro atoms. The molecule has 5 nitrogen and oxygen atoms in total. The molecule has 0 radical (unpaired) electrons. The van der Waals surface area contributed by atoms with Gasteiger partial charge in [-0.2, -0.15) is 13.2 Å². The third kappa shape index (κ3) is 5.82. The van der Waals surface area contributed by atoms with Gasteiger partial charge in [0.1, 0.15) is 5.92 Å². The molecule has 0 unspecified atom stereocenters. The fraction of sp³-hybridized carbons (Fsp3) is 0.136. The van der Waals surface area contributed by atoms with Gasteiger partial charge in [-0.15, -0.1) is 0 Å². The first-order valence-corrected chi connectivity index (χ1v) is 9.42. The van der Waals surface area contributed by atoms with Gasteiger partial charge >= 0.3 is 12.1 Å². The van der Waals surface area contributed by atoms with Crippen molar-refractivity contribution in [1.82, 2.24) is 4.98 Å². The molecule has 0 aliphatic heterocycles. The van der Waals surface area contributed by atoms with Crippen molar-refractivity contribution in [3.63, 3.8) is 0 Å². The second kappa shape index (κ2) is 9.61. The van der Waals surface area contributed by atoms with Gasteiger partial charge in [0.05, 0.1) is 10.6 Å². The predicted octanol–water partition coefficient (Wildman–Crippen LogP) is 5.07. The summed E-state index contributed by atoms with van der Waals surface area (Å²) < 4.78 is 43.2. The molecule has 0 aliphatic rings. The first kappa shape index (κ1) is 22.3. The number of carbonyl (C=O) groups is 2. The molecule has 3 aromatic rings. The molecule has 0 bridgehead atoms. The van der Waals surface area contributed by atoms with Crippen LogP contribution in [0.15, 0.2) is 72.9 Å². The molecule has 1 aromatic heterocycles. The molecule has 0 saturated carbocycles. The van der Waals surface area contributed by atoms with E-state index < -0.39 is 36.1 Å². The number of pyridine rings is 1. The van der Waals surface area contributed by atoms with E-state index >= 15 is 0 Å². The van der Waals surface area contributed by atoms with Crippen LogP contribution >= 0.6 is 11.6 Å². The summed E-state index contributed by atoms with van der Waals surface area (Å²) in [6, 6.07) is 18.5. The molecule has 0 fully saturated rings. The van der Waals surface area contributed by atoms with Gasteiger partial charge in [-0.3, -0.25) is 9.59 Å². The van der Waals surface area contributed by atoms with Gasteiger partial charge in [-0.05, 0) is 17.2 Å². The first-order valence-electron chi connectivity index (χ1n) is 9.05. The van der Waals surface area contributed by atoms with Crippen molar-refractivity contribution in [2.75, 3.05) is 11.9 Å². The van der Waals surface area contributed by atoms with Crippen LogP contribution in [0.2, 0.25) is 5.02 Å². The lowest BCUT2D eigenvalue weighted by Crippen LogP contribution is -2.25. The lowest BCUT2D eigenvalue weighted by molar-refractivity contribution is -0.148. The van der Waals surface area contributed by atoms with E-state index in [9.17, 15) is 22.8 Å². The predicted molar refractivity (Wildman–Crippen MR) is 109 cm³/mol. The quantitative estimate of drug-likeness (QED) is 0.535. The van der Waals surface area contributed by atoms with Gasteiger partial charge in [-0.25, -0.2) is 4.98 Å². The minimum Gasteiger partial charge on any atom is -0.455 e. The molecule has 0 saturated heterocycles. The van der Waals surface area contributed by atoms with Crippen molar-refractivity contribution >= 4 is 29.3 Å². The Balaban J connectivity index is 1.68. The van der Waals surface area contributed by atoms with Crippen molar-refractivity contribution < 1.29 is 27.5 Å². The summed E-state index contributed by atoms with van der Waals surface area (Å²) in [6.07, 6.45) is -4.06. The second-order valence-electron chi connectivity index (χ2n) is 6.46. The number of nitrogens with zero attached hydrogens (tertiary/aromatic N) is 1. The molecule has 1 amide bonds. The number of amides is 1. The number of ether oxygens (including phenoxy) is 1. The van der Waals surface area contributed by atoms with E-state index in [0.717, 1.165) is 0 Å². The van der Waals surface area contributed by atoms with Crippen LogP contribution in [0.4, 0.5) is 19.0 Å². The monoisotopic (exact) mass is 448 g/mol. The molecule has 0 atom stereocenters. The maximum atomic E-state index is 12.8. The van der Waals surface area contributed by atoms with E-state index in [-0.39, 0.29) is 10.8 Å². The Morgan fingerprint density at radius 2 is 1.55 bits per heavy atom. The maximum Gasteiger partial charge on any atom is 0.417 e. The number of benzene rings is 2. The lowest BCUT2D eigenvalue weighted by Gasteiger charge is -2.17. The number of aromatic nitrogens is 1. The van der Waals surface area contributed by atoms with E-state index in [1.807, 2.05) is 12.1 Å². The van der Waals surface area contributed by atoms with Crippen molar-refractivity contribution in [3.05, 3.63) is 94.6 Å². The molecule has 2 aromatic carbocycles. The number of hydrogen-bond acceptors (Lipinski definition) is 4. The molecule has 9 heteroatoms. The van der Waals surface area contributed by atoms with Gasteiger partial charge in [0.15, 0.2) is 12.4 Å². The van der Waals surface area contributed by atoms with E-state index in [1.165, 1.54) is 0 Å². The highest BCUT2D eigenvalue weighted by atomic mass is 35.5. The van der Waals surface area contributed by atoms with Crippen molar-refractivity contribution in [3.8, 4) is 0 Å². The van der Waals surface area contributed by atoms with Crippen LogP contribution in [0.25, 0.3) is 0 Å². The fourth-order valence-corrected chi connectivity index (χ4v) is 3.04. The lowest BCUT2D eigenvalue weighted by atomic mass is 9.91. The van der Waals surface area contributed by atoms with Crippen molar-refractivity contribution in [2.24, 2.45) is 0 Å². The highest BCUT2D eigenvalue weighted by Gasteiger charge is 2.32.